The molecule has 396 valence electrons. The zero-order valence-corrected chi connectivity index (χ0v) is 40.6. The molecule has 15 N–H and O–H groups in total. The monoisotopic (exact) mass is 1080 g/mol. The number of carbonyl (C=O) groups is 8. The highest BCUT2D eigenvalue weighted by Gasteiger charge is 2.46. The van der Waals surface area contributed by atoms with Gasteiger partial charge in [-0.3, -0.25) is 71.3 Å². The van der Waals surface area contributed by atoms with Gasteiger partial charge in [0.2, 0.25) is 34.7 Å². The Labute approximate surface area is 397 Å². The minimum Gasteiger partial charge on any atom is -0.481 e. The number of rotatable bonds is 25. The molecule has 1 aliphatic heterocycles. The summed E-state index contributed by atoms with van der Waals surface area (Å²) in [5, 5.41) is 43.8. The first-order chi connectivity index (χ1) is 32.1. The lowest BCUT2D eigenvalue weighted by atomic mass is 9.95. The number of benzene rings is 1. The molecule has 70 heavy (non-hydrogen) atoms. The predicted molar refractivity (Wildman–Crippen MR) is 237 cm³/mol. The van der Waals surface area contributed by atoms with Crippen molar-refractivity contribution in [3.63, 3.8) is 0 Å². The van der Waals surface area contributed by atoms with E-state index in [-0.39, 0.29) is 82.0 Å². The SMILES string of the molecule is O=C(O)CC1CCN(CC(=O)O)CCN(CC(=O)O)CC(Cc2ccc(NC(=O)CCCC(=O)N(CC(=O)NC(P(=O)(O)O)P(=O)(O)O)CC(=O)NC(P(=O)(O)O)P(=O)(O)O)cc2)N(CC(=O)O)CC1. The Morgan fingerprint density at radius 2 is 1.04 bits per heavy atom. The lowest BCUT2D eigenvalue weighted by molar-refractivity contribution is -0.141. The number of carbonyl (C=O) groups excluding carboxylic acids is 4. The van der Waals surface area contributed by atoms with Gasteiger partial charge in [0.15, 0.2) is 0 Å². The van der Waals surface area contributed by atoms with Crippen molar-refractivity contribution in [1.29, 1.82) is 0 Å². The normalized spacial score (nSPS) is 17.5. The molecular formula is C35H57N7O24P4. The van der Waals surface area contributed by atoms with Crippen LogP contribution in [0.15, 0.2) is 24.3 Å². The first-order valence-electron chi connectivity index (χ1n) is 20.7. The first kappa shape index (κ1) is 61.6. The van der Waals surface area contributed by atoms with E-state index in [4.69, 9.17) is 0 Å². The predicted octanol–water partition coefficient (Wildman–Crippen LogP) is -2.91. The summed E-state index contributed by atoms with van der Waals surface area (Å²) in [7, 11) is -23.1. The van der Waals surface area contributed by atoms with Crippen LogP contribution in [0.25, 0.3) is 0 Å². The van der Waals surface area contributed by atoms with Crippen molar-refractivity contribution in [2.45, 2.75) is 62.0 Å². The van der Waals surface area contributed by atoms with E-state index in [2.05, 4.69) is 5.32 Å². The van der Waals surface area contributed by atoms with Crippen LogP contribution >= 0.6 is 30.4 Å². The van der Waals surface area contributed by atoms with Crippen LogP contribution in [0, 0.1) is 5.92 Å². The quantitative estimate of drug-likeness (QED) is 0.0437. The number of hydrogen-bond acceptors (Lipinski definition) is 15. The number of aliphatic carboxylic acids is 4. The number of anilines is 1. The van der Waals surface area contributed by atoms with E-state index in [0.29, 0.717) is 5.56 Å². The van der Waals surface area contributed by atoms with Crippen LogP contribution in [-0.4, -0.2) is 209 Å². The van der Waals surface area contributed by atoms with Crippen molar-refractivity contribution >= 4 is 83.6 Å². The van der Waals surface area contributed by atoms with Gasteiger partial charge in [-0.1, -0.05) is 12.1 Å². The van der Waals surface area contributed by atoms with Crippen LogP contribution in [0.2, 0.25) is 0 Å². The lowest BCUT2D eigenvalue weighted by Crippen LogP contribution is -2.51. The average molecular weight is 1080 g/mol. The maximum Gasteiger partial charge on any atom is 0.360 e. The highest BCUT2D eigenvalue weighted by Crippen LogP contribution is 2.59. The Bertz CT molecular complexity index is 2120. The Kier molecular flexibility index (Phi) is 24.0. The second-order valence-electron chi connectivity index (χ2n) is 16.1. The maximum absolute atomic E-state index is 13.2. The number of amides is 4. The third kappa shape index (κ3) is 23.6. The molecule has 0 aliphatic carbocycles. The molecule has 0 bridgehead atoms. The fraction of sp³-hybridized carbons (Fsp3) is 0.600. The van der Waals surface area contributed by atoms with E-state index in [1.54, 1.807) is 21.9 Å². The molecule has 1 fully saturated rings. The van der Waals surface area contributed by atoms with Gasteiger partial charge < -0.3 is 80.4 Å². The molecule has 1 aromatic rings. The summed E-state index contributed by atoms with van der Waals surface area (Å²) in [4.78, 5) is 178. The third-order valence-corrected chi connectivity index (χ3v) is 17.0. The Morgan fingerprint density at radius 3 is 1.50 bits per heavy atom. The Morgan fingerprint density at radius 1 is 0.586 bits per heavy atom. The molecule has 0 radical (unpaired) electrons. The summed E-state index contributed by atoms with van der Waals surface area (Å²) in [5.74, 6) is -10.4. The molecule has 4 amide bonds. The van der Waals surface area contributed by atoms with Crippen LogP contribution in [0.1, 0.15) is 44.1 Å². The van der Waals surface area contributed by atoms with E-state index in [9.17, 15) is 116 Å². The van der Waals surface area contributed by atoms with Crippen molar-refractivity contribution in [3.05, 3.63) is 29.8 Å². The van der Waals surface area contributed by atoms with Crippen LogP contribution in [0.5, 0.6) is 0 Å². The molecule has 0 aromatic heterocycles. The fourth-order valence-electron chi connectivity index (χ4n) is 7.12. The molecule has 1 heterocycles. The van der Waals surface area contributed by atoms with Crippen molar-refractivity contribution in [1.82, 2.24) is 30.2 Å². The molecule has 2 atom stereocenters. The summed E-state index contributed by atoms with van der Waals surface area (Å²) in [5.41, 5.74) is -5.45. The third-order valence-electron chi connectivity index (χ3n) is 10.3. The zero-order valence-electron chi connectivity index (χ0n) is 37.0. The number of carboxylic acids is 4. The summed E-state index contributed by atoms with van der Waals surface area (Å²) in [6.45, 7) is -3.73. The van der Waals surface area contributed by atoms with Gasteiger partial charge in [-0.2, -0.15) is 0 Å². The maximum atomic E-state index is 13.2. The number of hydrogen-bond donors (Lipinski definition) is 15. The molecule has 1 aromatic carbocycles. The number of nitrogens with zero attached hydrogens (tertiary/aromatic N) is 4. The van der Waals surface area contributed by atoms with Gasteiger partial charge in [-0.05, 0) is 62.4 Å². The van der Waals surface area contributed by atoms with Gasteiger partial charge in [-0.25, -0.2) is 0 Å². The summed E-state index contributed by atoms with van der Waals surface area (Å²) < 4.78 is 46.6. The largest absolute Gasteiger partial charge is 0.481 e. The molecule has 0 spiro atoms. The highest BCUT2D eigenvalue weighted by atomic mass is 31.2. The molecule has 35 heteroatoms. The van der Waals surface area contributed by atoms with Gasteiger partial charge in [0, 0.05) is 50.6 Å². The molecule has 0 saturated carbocycles. The van der Waals surface area contributed by atoms with Crippen molar-refractivity contribution in [2.75, 3.05) is 70.8 Å². The van der Waals surface area contributed by atoms with Gasteiger partial charge >= 0.3 is 54.3 Å². The smallest absolute Gasteiger partial charge is 0.360 e. The van der Waals surface area contributed by atoms with Gasteiger partial charge in [-0.15, -0.1) is 0 Å². The summed E-state index contributed by atoms with van der Waals surface area (Å²) in [6.07, 6.45) is -1.18. The van der Waals surface area contributed by atoms with Gasteiger partial charge in [0.25, 0.3) is 0 Å². The van der Waals surface area contributed by atoms with Gasteiger partial charge in [0.05, 0.1) is 19.6 Å². The Hall–Kier alpha value is -4.54. The number of carboxylic acid groups (broad SMARTS) is 4. The molecular weight excluding hydrogens is 1030 g/mol. The molecule has 1 aliphatic rings. The minimum absolute atomic E-state index is 0.00327. The average Bonchev–Trinajstić information content (AvgIpc) is 3.18. The standard InChI is InChI=1S/C35H57N7O24P4/c43-26(2-1-3-29(46)42(17-27(44)37-34(67(55,56)57)68(58,59)60)18-28(45)38-35(69(61,62)63)70(64,65)66)36-24-6-4-22(5-7-24)14-25-16-40(20-32(51)52)13-12-39(19-31(49)50)10-8-23(15-30(47)48)9-11-41(25)21-33(53)54/h4-7,23,25,34-35H,1-3,8-21H2,(H,36,43)(H,37,44)(H,38,45)(H,47,48)(H,49,50)(H,51,52)(H,53,54)(H2,55,56,57)(H2,58,59,60)(H2,61,62,63)(H2,64,65,66). The minimum atomic E-state index is -5.77. The molecule has 31 nitrogen and oxygen atoms in total. The fourth-order valence-corrected chi connectivity index (χ4v) is 11.5. The van der Waals surface area contributed by atoms with E-state index in [1.807, 2.05) is 0 Å². The van der Waals surface area contributed by atoms with Crippen molar-refractivity contribution < 1.29 is 116 Å². The lowest BCUT2D eigenvalue weighted by Gasteiger charge is -2.37. The Balaban J connectivity index is 2.28. The number of nitrogens with one attached hydrogen (secondary N) is 3. The van der Waals surface area contributed by atoms with Crippen LogP contribution in [0.4, 0.5) is 5.69 Å². The molecule has 2 unspecified atom stereocenters. The van der Waals surface area contributed by atoms with Crippen molar-refractivity contribution in [2.24, 2.45) is 5.92 Å². The summed E-state index contributed by atoms with van der Waals surface area (Å²) in [6, 6.07) is 5.37. The van der Waals surface area contributed by atoms with Gasteiger partial charge in [0.1, 0.15) is 13.1 Å². The summed E-state index contributed by atoms with van der Waals surface area (Å²) >= 11 is 0. The first-order valence-corrected chi connectivity index (χ1v) is 27.4. The highest BCUT2D eigenvalue weighted by molar-refractivity contribution is 7.71. The van der Waals surface area contributed by atoms with Crippen LogP contribution in [0.3, 0.4) is 0 Å². The van der Waals surface area contributed by atoms with E-state index in [0.717, 1.165) is 0 Å². The van der Waals surface area contributed by atoms with E-state index >= 15 is 0 Å². The second-order valence-corrected chi connectivity index (χ2v) is 23.7. The van der Waals surface area contributed by atoms with Crippen molar-refractivity contribution in [3.8, 4) is 0 Å². The molecule has 1 saturated heterocycles. The van der Waals surface area contributed by atoms with E-state index in [1.165, 1.54) is 27.7 Å². The second kappa shape index (κ2) is 27.3. The topological polar surface area (TPSA) is 497 Å². The van der Waals surface area contributed by atoms with Crippen LogP contribution < -0.4 is 16.0 Å². The zero-order chi connectivity index (χ0) is 53.4. The molecule has 2 rings (SSSR count). The van der Waals surface area contributed by atoms with Crippen LogP contribution in [-0.2, 0) is 63.0 Å². The van der Waals surface area contributed by atoms with E-state index < -0.39 is 140 Å².